The fourth-order valence-electron chi connectivity index (χ4n) is 2.16. The average Bonchev–Trinajstić information content (AvgIpc) is 2.79. The lowest BCUT2D eigenvalue weighted by molar-refractivity contribution is -0.137. The highest BCUT2D eigenvalue weighted by Gasteiger charge is 2.16. The first-order valence-electron chi connectivity index (χ1n) is 6.16. The van der Waals surface area contributed by atoms with Crippen molar-refractivity contribution in [1.82, 2.24) is 24.5 Å². The Morgan fingerprint density at radius 2 is 2.00 bits per heavy atom. The Morgan fingerprint density at radius 3 is 2.67 bits per heavy atom. The van der Waals surface area contributed by atoms with Crippen LogP contribution in [0.15, 0.2) is 24.9 Å². The lowest BCUT2D eigenvalue weighted by Gasteiger charge is -2.01. The Balaban J connectivity index is 2.27. The Kier molecular flexibility index (Phi) is 2.98. The van der Waals surface area contributed by atoms with E-state index >= 15 is 0 Å². The molecule has 0 atom stereocenters. The van der Waals surface area contributed by atoms with Crippen LogP contribution in [-0.2, 0) is 11.3 Å². The van der Waals surface area contributed by atoms with Crippen molar-refractivity contribution in [2.24, 2.45) is 0 Å². The molecule has 0 saturated carbocycles. The molecule has 8 nitrogen and oxygen atoms in total. The largest absolute Gasteiger partial charge is 0.480 e. The molecule has 3 heterocycles. The molecule has 21 heavy (non-hydrogen) atoms. The zero-order valence-electron chi connectivity index (χ0n) is 11.2. The van der Waals surface area contributed by atoms with E-state index in [1.807, 2.05) is 0 Å². The lowest BCUT2D eigenvalue weighted by atomic mass is 10.1. The molecule has 106 valence electrons. The van der Waals surface area contributed by atoms with E-state index in [9.17, 15) is 4.79 Å². The van der Waals surface area contributed by atoms with Gasteiger partial charge in [0.2, 0.25) is 0 Å². The molecule has 0 aromatic carbocycles. The van der Waals surface area contributed by atoms with Crippen LogP contribution in [0, 0.1) is 6.92 Å². The number of carbonyl (C=O) groups is 1. The Labute approximate surface area is 119 Å². The van der Waals surface area contributed by atoms with Gasteiger partial charge in [0.25, 0.3) is 0 Å². The van der Waals surface area contributed by atoms with Crippen LogP contribution in [0.5, 0.6) is 0 Å². The van der Waals surface area contributed by atoms with Crippen LogP contribution in [0.3, 0.4) is 0 Å². The van der Waals surface area contributed by atoms with Crippen LogP contribution >= 0.6 is 0 Å². The van der Waals surface area contributed by atoms with E-state index in [1.54, 1.807) is 25.5 Å². The van der Waals surface area contributed by atoms with Crippen LogP contribution in [0.4, 0.5) is 5.82 Å². The number of nitrogens with zero attached hydrogens (tertiary/aromatic N) is 5. The quantitative estimate of drug-likeness (QED) is 0.731. The Morgan fingerprint density at radius 1 is 1.29 bits per heavy atom. The van der Waals surface area contributed by atoms with Crippen LogP contribution < -0.4 is 5.73 Å². The number of fused-ring (bicyclic) bond motifs is 1. The minimum absolute atomic E-state index is 0.209. The summed E-state index contributed by atoms with van der Waals surface area (Å²) in [6.07, 6.45) is 6.31. The Bertz CT molecular complexity index is 825. The molecule has 0 bridgehead atoms. The molecule has 3 aromatic rings. The van der Waals surface area contributed by atoms with Gasteiger partial charge in [0.05, 0.1) is 5.39 Å². The van der Waals surface area contributed by atoms with Gasteiger partial charge in [-0.05, 0) is 6.92 Å². The molecule has 0 aliphatic carbocycles. The summed E-state index contributed by atoms with van der Waals surface area (Å²) in [4.78, 5) is 27.4. The molecule has 8 heteroatoms. The maximum atomic E-state index is 11.0. The third-order valence-electron chi connectivity index (χ3n) is 3.08. The molecular formula is C13H12N6O2. The van der Waals surface area contributed by atoms with Gasteiger partial charge in [-0.1, -0.05) is 0 Å². The summed E-state index contributed by atoms with van der Waals surface area (Å²) in [6.45, 7) is 1.58. The van der Waals surface area contributed by atoms with Crippen molar-refractivity contribution in [3.05, 3.63) is 30.7 Å². The predicted molar refractivity (Wildman–Crippen MR) is 75.3 cm³/mol. The number of carboxylic acids is 1. The van der Waals surface area contributed by atoms with Crippen LogP contribution in [0.1, 0.15) is 5.82 Å². The lowest BCUT2D eigenvalue weighted by Crippen LogP contribution is -2.08. The second kappa shape index (κ2) is 4.82. The summed E-state index contributed by atoms with van der Waals surface area (Å²) in [5, 5.41) is 9.59. The van der Waals surface area contributed by atoms with Gasteiger partial charge in [0.1, 0.15) is 30.2 Å². The maximum Gasteiger partial charge on any atom is 0.323 e. The monoisotopic (exact) mass is 284 g/mol. The summed E-state index contributed by atoms with van der Waals surface area (Å²) >= 11 is 0. The van der Waals surface area contributed by atoms with E-state index in [2.05, 4.69) is 19.9 Å². The fourth-order valence-corrected chi connectivity index (χ4v) is 2.16. The van der Waals surface area contributed by atoms with Crippen molar-refractivity contribution in [1.29, 1.82) is 0 Å². The van der Waals surface area contributed by atoms with E-state index in [1.165, 1.54) is 10.9 Å². The minimum atomic E-state index is -0.962. The minimum Gasteiger partial charge on any atom is -0.480 e. The van der Waals surface area contributed by atoms with E-state index in [4.69, 9.17) is 10.8 Å². The first kappa shape index (κ1) is 13.0. The van der Waals surface area contributed by atoms with Gasteiger partial charge in [-0.15, -0.1) is 0 Å². The van der Waals surface area contributed by atoms with Gasteiger partial charge < -0.3 is 15.4 Å². The number of aromatic nitrogens is 5. The van der Waals surface area contributed by atoms with Gasteiger partial charge in [-0.2, -0.15) is 0 Å². The molecule has 3 N–H and O–H groups in total. The second-order valence-electron chi connectivity index (χ2n) is 4.54. The normalized spacial score (nSPS) is 10.9. The number of hydrogen-bond acceptors (Lipinski definition) is 6. The molecule has 0 aliphatic rings. The number of carboxylic acid groups (broad SMARTS) is 1. The van der Waals surface area contributed by atoms with Gasteiger partial charge in [-0.25, -0.2) is 19.9 Å². The van der Waals surface area contributed by atoms with Crippen molar-refractivity contribution < 1.29 is 9.90 Å². The highest BCUT2D eigenvalue weighted by Crippen LogP contribution is 2.31. The number of nitrogen functional groups attached to an aromatic ring is 1. The highest BCUT2D eigenvalue weighted by atomic mass is 16.4. The first-order valence-corrected chi connectivity index (χ1v) is 6.16. The first-order chi connectivity index (χ1) is 10.1. The van der Waals surface area contributed by atoms with E-state index in [0.717, 1.165) is 5.56 Å². The summed E-state index contributed by atoms with van der Waals surface area (Å²) in [7, 11) is 0. The van der Waals surface area contributed by atoms with Crippen molar-refractivity contribution in [2.75, 3.05) is 5.73 Å². The van der Waals surface area contributed by atoms with E-state index in [0.29, 0.717) is 28.2 Å². The zero-order chi connectivity index (χ0) is 15.0. The third-order valence-corrected chi connectivity index (χ3v) is 3.08. The molecule has 0 spiro atoms. The molecule has 0 aliphatic heterocycles. The SMILES string of the molecule is Cc1ncc(-c2cn(CC(=O)O)c3ncnc(N)c23)cn1. The standard InChI is InChI=1S/C13H12N6O2/c1-7-15-2-8(3-16-7)9-4-19(5-10(20)21)13-11(9)12(14)17-6-18-13/h2-4,6H,5H2,1H3,(H,20,21)(H2,14,17,18). The molecule has 0 radical (unpaired) electrons. The van der Waals surface area contributed by atoms with Crippen molar-refractivity contribution in [2.45, 2.75) is 13.5 Å². The van der Waals surface area contributed by atoms with E-state index < -0.39 is 5.97 Å². The molecule has 0 saturated heterocycles. The molecule has 0 amide bonds. The average molecular weight is 284 g/mol. The van der Waals surface area contributed by atoms with Crippen LogP contribution in [0.25, 0.3) is 22.2 Å². The van der Waals surface area contributed by atoms with Crippen molar-refractivity contribution in [3.8, 4) is 11.1 Å². The summed E-state index contributed by atoms with van der Waals surface area (Å²) in [5.41, 5.74) is 7.83. The Hall–Kier alpha value is -3.03. The molecule has 0 unspecified atom stereocenters. The van der Waals surface area contributed by atoms with Crippen molar-refractivity contribution in [3.63, 3.8) is 0 Å². The van der Waals surface area contributed by atoms with Gasteiger partial charge >= 0.3 is 5.97 Å². The summed E-state index contributed by atoms with van der Waals surface area (Å²) in [5.74, 6) is -0.0206. The number of anilines is 1. The topological polar surface area (TPSA) is 120 Å². The smallest absolute Gasteiger partial charge is 0.323 e. The van der Waals surface area contributed by atoms with Gasteiger partial charge in [-0.3, -0.25) is 4.79 Å². The second-order valence-corrected chi connectivity index (χ2v) is 4.54. The fraction of sp³-hybridized carbons (Fsp3) is 0.154. The molecule has 3 aromatic heterocycles. The number of nitrogens with two attached hydrogens (primary N) is 1. The zero-order valence-corrected chi connectivity index (χ0v) is 11.2. The highest BCUT2D eigenvalue weighted by molar-refractivity contribution is 6.00. The number of aliphatic carboxylic acids is 1. The van der Waals surface area contributed by atoms with E-state index in [-0.39, 0.29) is 6.54 Å². The maximum absolute atomic E-state index is 11.0. The van der Waals surface area contributed by atoms with Gasteiger partial charge in [0, 0.05) is 29.7 Å². The molecule has 0 fully saturated rings. The summed E-state index contributed by atoms with van der Waals surface area (Å²) < 4.78 is 1.52. The van der Waals surface area contributed by atoms with Crippen molar-refractivity contribution >= 4 is 22.8 Å². The van der Waals surface area contributed by atoms with Crippen LogP contribution in [-0.4, -0.2) is 35.6 Å². The van der Waals surface area contributed by atoms with Gasteiger partial charge in [0.15, 0.2) is 0 Å². The molecule has 3 rings (SSSR count). The number of rotatable bonds is 3. The third kappa shape index (κ3) is 2.27. The number of aryl methyl sites for hydroxylation is 1. The molecular weight excluding hydrogens is 272 g/mol. The summed E-state index contributed by atoms with van der Waals surface area (Å²) in [6, 6.07) is 0. The van der Waals surface area contributed by atoms with Crippen LogP contribution in [0.2, 0.25) is 0 Å². The number of hydrogen-bond donors (Lipinski definition) is 2. The predicted octanol–water partition coefficient (Wildman–Crippen LogP) is 0.864.